The SMILES string of the molecule is CC(C)(C)N1CCCC1c1ccccn1.CC(C)(C)N1CCCC1c1cccs1.CC(C)(C)N1CCCC1c1cncc(F)c1.CC(C)N1CCCC1c1cc(F)cc(Cl)c1.CC(C)N1CCCC1c1cc(F)ccc1C(F)(F)F.CC(C)N1CCCC1c1cc(F)ccc1C(F)F.CC(C)N1CCCC1c1cc(F)ccc1Cl.CC(C)N1CCCC1c1cccc(F)c1.COc1ccc(F)cc1C1CCCN1C(C)C. The maximum absolute atomic E-state index is 13.4. The third-order valence-corrected chi connectivity index (χ3v) is 31.3. The van der Waals surface area contributed by atoms with Gasteiger partial charge in [-0.25, -0.2) is 39.5 Å². The van der Waals surface area contributed by atoms with E-state index >= 15 is 0 Å². The molecule has 18 rings (SSSR count). The molecule has 9 aromatic rings. The number of likely N-dealkylation sites (tertiary alicyclic amines) is 9. The van der Waals surface area contributed by atoms with Crippen molar-refractivity contribution < 1.29 is 57.4 Å². The van der Waals surface area contributed by atoms with Gasteiger partial charge in [0.15, 0.2) is 0 Å². The Morgan fingerprint density at radius 1 is 0.342 bits per heavy atom. The first-order valence-electron chi connectivity index (χ1n) is 53.3. The Kier molecular flexibility index (Phi) is 45.9. The summed E-state index contributed by atoms with van der Waals surface area (Å²) in [6, 6.07) is 44.8. The van der Waals surface area contributed by atoms with Crippen LogP contribution in [-0.2, 0) is 6.18 Å². The van der Waals surface area contributed by atoms with Crippen LogP contribution >= 0.6 is 34.5 Å². The Labute approximate surface area is 880 Å². The second-order valence-electron chi connectivity index (χ2n) is 44.8. The molecule has 9 atom stereocenters. The van der Waals surface area contributed by atoms with E-state index in [-0.39, 0.29) is 81.5 Å². The molecule has 0 spiro atoms. The lowest BCUT2D eigenvalue weighted by Crippen LogP contribution is -2.40. The van der Waals surface area contributed by atoms with Crippen LogP contribution in [-0.4, -0.2) is 173 Å². The van der Waals surface area contributed by atoms with Gasteiger partial charge in [0, 0.05) is 140 Å². The van der Waals surface area contributed by atoms with Crippen molar-refractivity contribution in [1.82, 2.24) is 54.1 Å². The van der Waals surface area contributed by atoms with Crippen LogP contribution < -0.4 is 4.74 Å². The van der Waals surface area contributed by atoms with Crippen molar-refractivity contribution in [2.75, 3.05) is 66.0 Å². The van der Waals surface area contributed by atoms with Crippen LogP contribution in [0.5, 0.6) is 5.75 Å². The summed E-state index contributed by atoms with van der Waals surface area (Å²) >= 11 is 13.9. The number of benzene rings is 6. The second-order valence-corrected chi connectivity index (χ2v) is 46.6. The third-order valence-electron chi connectivity index (χ3n) is 29.8. The normalized spacial score (nSPS) is 22.2. The van der Waals surface area contributed by atoms with E-state index in [1.165, 1.54) is 118 Å². The summed E-state index contributed by atoms with van der Waals surface area (Å²) in [6.45, 7) is 55.5. The van der Waals surface area contributed by atoms with Gasteiger partial charge in [0.05, 0.1) is 30.6 Å². The first-order chi connectivity index (χ1) is 68.9. The summed E-state index contributed by atoms with van der Waals surface area (Å²) in [5.41, 5.74) is 6.76. The average molecular weight is 2100 g/mol. The van der Waals surface area contributed by atoms with Gasteiger partial charge >= 0.3 is 6.18 Å². The Bertz CT molecular complexity index is 5400. The van der Waals surface area contributed by atoms with Crippen LogP contribution in [0.15, 0.2) is 176 Å². The monoisotopic (exact) mass is 2090 g/mol. The third kappa shape index (κ3) is 34.0. The highest BCUT2D eigenvalue weighted by Gasteiger charge is 2.43. The zero-order chi connectivity index (χ0) is 107. The summed E-state index contributed by atoms with van der Waals surface area (Å²) in [5.74, 6) is -1.24. The van der Waals surface area contributed by atoms with E-state index in [0.29, 0.717) is 88.0 Å². The number of ether oxygens (including phenoxy) is 1. The number of alkyl halides is 5. The number of hydrogen-bond donors (Lipinski definition) is 0. The van der Waals surface area contributed by atoms with E-state index in [4.69, 9.17) is 27.9 Å². The first kappa shape index (κ1) is 120. The molecule has 9 unspecified atom stereocenters. The fraction of sp³-hybridized carbons (Fsp3) is 0.580. The summed E-state index contributed by atoms with van der Waals surface area (Å²) in [7, 11) is 1.64. The van der Waals surface area contributed by atoms with Gasteiger partial charge in [0.1, 0.15) is 46.5 Å². The van der Waals surface area contributed by atoms with Crippen molar-refractivity contribution in [1.29, 1.82) is 0 Å². The molecule has 0 saturated carbocycles. The Morgan fingerprint density at radius 3 is 1.18 bits per heavy atom. The molecule has 3 aromatic heterocycles. The largest absolute Gasteiger partial charge is 0.496 e. The molecule has 0 radical (unpaired) electrons. The fourth-order valence-corrected chi connectivity index (χ4v) is 24.5. The number of aromatic nitrogens is 2. The highest BCUT2D eigenvalue weighted by atomic mass is 35.5. The smallest absolute Gasteiger partial charge is 0.416 e. The van der Waals surface area contributed by atoms with Crippen molar-refractivity contribution in [3.8, 4) is 5.75 Å². The van der Waals surface area contributed by atoms with E-state index in [2.05, 4.69) is 197 Å². The maximum atomic E-state index is 13.4. The molecule has 0 amide bonds. The first-order valence-corrected chi connectivity index (χ1v) is 54.9. The number of pyridine rings is 2. The predicted octanol–water partition coefficient (Wildman–Crippen LogP) is 33.4. The summed E-state index contributed by atoms with van der Waals surface area (Å²) in [5, 5.41) is 3.36. The van der Waals surface area contributed by atoms with Gasteiger partial charge in [-0.3, -0.25) is 54.1 Å². The maximum Gasteiger partial charge on any atom is 0.416 e. The molecular weight excluding hydrogens is 1930 g/mol. The highest BCUT2D eigenvalue weighted by molar-refractivity contribution is 7.10. The van der Waals surface area contributed by atoms with Gasteiger partial charge in [-0.15, -0.1) is 11.3 Å². The molecule has 12 nitrogen and oxygen atoms in total. The van der Waals surface area contributed by atoms with Crippen molar-refractivity contribution in [3.05, 3.63) is 287 Å². The molecule has 6 aromatic carbocycles. The molecule has 0 aliphatic carbocycles. The Balaban J connectivity index is 0.000000168. The topological polar surface area (TPSA) is 64.2 Å². The summed E-state index contributed by atoms with van der Waals surface area (Å²) in [4.78, 5) is 31.4. The van der Waals surface area contributed by atoms with Crippen LogP contribution in [0.2, 0.25) is 10.0 Å². The fourth-order valence-electron chi connectivity index (χ4n) is 23.1. The lowest BCUT2D eigenvalue weighted by atomic mass is 9.97. The highest BCUT2D eigenvalue weighted by Crippen LogP contribution is 2.48. The Morgan fingerprint density at radius 2 is 0.733 bits per heavy atom. The van der Waals surface area contributed by atoms with Gasteiger partial charge in [-0.05, 0) is 480 Å². The van der Waals surface area contributed by atoms with E-state index in [1.54, 1.807) is 55.8 Å². The van der Waals surface area contributed by atoms with Crippen LogP contribution in [0.1, 0.15) is 382 Å². The minimum Gasteiger partial charge on any atom is -0.496 e. The number of halogens is 14. The number of thiophene rings is 1. The molecule has 146 heavy (non-hydrogen) atoms. The molecule has 9 saturated heterocycles. The lowest BCUT2D eigenvalue weighted by molar-refractivity contribution is -0.138. The van der Waals surface area contributed by atoms with Crippen LogP contribution in [0.3, 0.4) is 0 Å². The zero-order valence-corrected chi connectivity index (χ0v) is 92.9. The van der Waals surface area contributed by atoms with Gasteiger partial charge < -0.3 is 4.74 Å². The summed E-state index contributed by atoms with van der Waals surface area (Å²) < 4.78 is 163. The van der Waals surface area contributed by atoms with Gasteiger partial charge in [-0.1, -0.05) is 53.5 Å². The molecule has 9 aliphatic heterocycles. The second kappa shape index (κ2) is 55.7. The Hall–Kier alpha value is -7.50. The molecule has 9 fully saturated rings. The molecule has 9 aliphatic rings. The van der Waals surface area contributed by atoms with E-state index in [1.807, 2.05) is 74.4 Å². The molecule has 0 bridgehead atoms. The average Bonchev–Trinajstić information content (AvgIpc) is 1.26. The van der Waals surface area contributed by atoms with Crippen molar-refractivity contribution >= 4 is 34.5 Å². The standard InChI is InChI=1S/C14H17F4N.C14H18F3N.C14H20FNO.2C13H17ClFN.C13H19FN2.C13H18FN.C13H20N2.C12H19NS/c1-9(2)19-7-3-4-13(19)11-8-10(15)5-6-12(11)14(16,17)18;1-9(2)18-7-3-4-13(18)12-8-10(15)5-6-11(12)14(16)17;1-10(2)16-8-4-5-13(16)12-9-11(15)6-7-14(12)17-3;1-9(2)16-7-3-4-13(16)11-8-10(15)5-6-12(11)14;1-9(2)16-5-3-4-13(16)10-6-11(14)8-12(15)7-10;1-13(2,3)16-6-4-5-12(16)10-7-11(14)9-15-8-10;1-10(2)15-8-4-7-13(15)11-5-3-6-12(14)9-11;1-13(2,3)15-10-6-8-12(15)11-7-4-5-9-14-11;1-12(2,3)13-8-4-6-10(13)11-7-5-9-14-11/h5-6,8-9,13H,3-4,7H2,1-2H3;5-6,8-9,13-14H,3-4,7H2,1-2H3;6-7,9-10,13H,4-5,8H2,1-3H3;5-6,8-9,13H,3-4,7H2,1-2H3;6-9,13H,3-5H2,1-2H3;7-9,12H,4-6H2,1-3H3;3,5-6,9-10,13H,4,7-8H2,1-2H3;4-5,7,9,12H,6,8,10H2,1-3H3;5,7,9-10H,4,6,8H2,1-3H3. The minimum atomic E-state index is -4.44. The van der Waals surface area contributed by atoms with Gasteiger partial charge in [0.25, 0.3) is 6.43 Å². The molecular formula is C119H165Cl2F12N11OS. The number of rotatable bonds is 17. The van der Waals surface area contributed by atoms with E-state index in [9.17, 15) is 52.7 Å². The molecule has 0 N–H and O–H groups in total. The van der Waals surface area contributed by atoms with E-state index < -0.39 is 29.8 Å². The lowest BCUT2D eigenvalue weighted by Gasteiger charge is -2.37. The molecule has 27 heteroatoms. The minimum absolute atomic E-state index is 0.0334. The van der Waals surface area contributed by atoms with E-state index in [0.717, 1.165) is 161 Å². The van der Waals surface area contributed by atoms with Crippen LogP contribution in [0.4, 0.5) is 52.7 Å². The van der Waals surface area contributed by atoms with Gasteiger partial charge in [-0.2, -0.15) is 13.2 Å². The van der Waals surface area contributed by atoms with Crippen molar-refractivity contribution in [3.63, 3.8) is 0 Å². The predicted molar refractivity (Wildman–Crippen MR) is 576 cm³/mol. The van der Waals surface area contributed by atoms with Crippen LogP contribution in [0.25, 0.3) is 0 Å². The molecule has 12 heterocycles. The number of methoxy groups -OCH3 is 1. The molecule has 806 valence electrons. The van der Waals surface area contributed by atoms with Crippen molar-refractivity contribution in [2.24, 2.45) is 0 Å². The number of hydrogen-bond acceptors (Lipinski definition) is 13. The number of nitrogens with zero attached hydrogens (tertiary/aromatic N) is 11. The van der Waals surface area contributed by atoms with Crippen molar-refractivity contribution in [2.45, 2.75) is 381 Å². The van der Waals surface area contributed by atoms with Gasteiger partial charge in [0.2, 0.25) is 0 Å². The van der Waals surface area contributed by atoms with Crippen LogP contribution in [0, 0.1) is 40.7 Å². The zero-order valence-electron chi connectivity index (χ0n) is 90.6. The summed E-state index contributed by atoms with van der Waals surface area (Å²) in [6.07, 6.45) is 17.9. The quantitative estimate of drug-likeness (QED) is 0.0816.